The van der Waals surface area contributed by atoms with E-state index in [4.69, 9.17) is 21.1 Å². The van der Waals surface area contributed by atoms with Gasteiger partial charge in [-0.15, -0.1) is 11.6 Å². The van der Waals surface area contributed by atoms with E-state index in [1.54, 1.807) is 14.2 Å². The predicted octanol–water partition coefficient (Wildman–Crippen LogP) is 5.37. The highest BCUT2D eigenvalue weighted by Crippen LogP contribution is 2.50. The molecule has 0 saturated heterocycles. The summed E-state index contributed by atoms with van der Waals surface area (Å²) in [5.74, 6) is 2.19. The van der Waals surface area contributed by atoms with Gasteiger partial charge in [0.1, 0.15) is 11.5 Å². The van der Waals surface area contributed by atoms with Crippen LogP contribution in [0.3, 0.4) is 0 Å². The lowest BCUT2D eigenvalue weighted by Gasteiger charge is -2.41. The monoisotopic (exact) mass is 342 g/mol. The number of benzene rings is 1. The van der Waals surface area contributed by atoms with Gasteiger partial charge in [0.2, 0.25) is 0 Å². The van der Waals surface area contributed by atoms with Crippen molar-refractivity contribution in [2.45, 2.75) is 17.7 Å². The van der Waals surface area contributed by atoms with Gasteiger partial charge in [0.15, 0.2) is 0 Å². The fourth-order valence-electron chi connectivity index (χ4n) is 3.51. The summed E-state index contributed by atoms with van der Waals surface area (Å²) in [4.78, 5) is -0.500. The van der Waals surface area contributed by atoms with Crippen LogP contribution in [0.25, 0.3) is 0 Å². The van der Waals surface area contributed by atoms with Gasteiger partial charge in [-0.25, -0.2) is 0 Å². The molecule has 0 aromatic heterocycles. The average Bonchev–Trinajstić information content (AvgIpc) is 2.68. The lowest BCUT2D eigenvalue weighted by Crippen LogP contribution is -2.36. The Bertz CT molecular complexity index is 684. The van der Waals surface area contributed by atoms with Crippen LogP contribution in [0.15, 0.2) is 72.6 Å². The van der Waals surface area contributed by atoms with Crippen molar-refractivity contribution in [3.63, 3.8) is 0 Å². The van der Waals surface area contributed by atoms with E-state index in [-0.39, 0.29) is 11.8 Å². The van der Waals surface area contributed by atoms with Crippen LogP contribution < -0.4 is 4.74 Å². The molecule has 0 radical (unpaired) electrons. The van der Waals surface area contributed by atoms with E-state index in [1.165, 1.54) is 0 Å². The van der Waals surface area contributed by atoms with E-state index in [2.05, 4.69) is 48.6 Å². The van der Waals surface area contributed by atoms with Crippen molar-refractivity contribution < 1.29 is 9.47 Å². The van der Waals surface area contributed by atoms with Gasteiger partial charge in [-0.3, -0.25) is 0 Å². The Kier molecular flexibility index (Phi) is 5.15. The zero-order chi connectivity index (χ0) is 17.0. The van der Waals surface area contributed by atoms with Gasteiger partial charge in [0.25, 0.3) is 0 Å². The van der Waals surface area contributed by atoms with E-state index in [9.17, 15) is 0 Å². The first kappa shape index (κ1) is 16.9. The van der Waals surface area contributed by atoms with Crippen LogP contribution in [-0.4, -0.2) is 14.2 Å². The average molecular weight is 343 g/mol. The fourth-order valence-corrected chi connectivity index (χ4v) is 3.96. The minimum atomic E-state index is -0.500. The minimum absolute atomic E-state index is 0.201. The molecule has 3 unspecified atom stereocenters. The highest BCUT2D eigenvalue weighted by atomic mass is 35.5. The van der Waals surface area contributed by atoms with Crippen LogP contribution in [0.4, 0.5) is 0 Å². The molecule has 126 valence electrons. The largest absolute Gasteiger partial charge is 0.497 e. The van der Waals surface area contributed by atoms with Crippen molar-refractivity contribution in [2.24, 2.45) is 11.8 Å². The Morgan fingerprint density at radius 2 is 1.71 bits per heavy atom. The Hall–Kier alpha value is -1.93. The molecule has 0 aliphatic heterocycles. The molecule has 2 aliphatic rings. The number of alkyl halides is 1. The fraction of sp³-hybridized carbons (Fsp3) is 0.333. The van der Waals surface area contributed by atoms with Gasteiger partial charge >= 0.3 is 0 Å². The molecule has 3 atom stereocenters. The summed E-state index contributed by atoms with van der Waals surface area (Å²) in [7, 11) is 3.38. The standard InChI is InChI=1S/C21H23ClO2/c1-23-19-12-8-17(9-13-19)21(22,16-6-4-3-5-7-16)18-10-14-20(24-2)15-11-18/h3-6,8-10,12-16,18H,7,11H2,1-2H3. The molecule has 2 aliphatic carbocycles. The zero-order valence-electron chi connectivity index (χ0n) is 14.1. The molecule has 0 fully saturated rings. The third-order valence-corrected chi connectivity index (χ3v) is 5.67. The summed E-state index contributed by atoms with van der Waals surface area (Å²) in [5, 5.41) is 0. The Morgan fingerprint density at radius 3 is 2.25 bits per heavy atom. The van der Waals surface area contributed by atoms with Crippen molar-refractivity contribution in [3.05, 3.63) is 78.1 Å². The molecule has 2 nitrogen and oxygen atoms in total. The van der Waals surface area contributed by atoms with Gasteiger partial charge in [0.05, 0.1) is 19.1 Å². The van der Waals surface area contributed by atoms with Crippen molar-refractivity contribution in [1.82, 2.24) is 0 Å². The van der Waals surface area contributed by atoms with E-state index in [0.717, 1.165) is 29.9 Å². The number of halogens is 1. The molecular weight excluding hydrogens is 320 g/mol. The quantitative estimate of drug-likeness (QED) is 0.670. The van der Waals surface area contributed by atoms with Gasteiger partial charge in [-0.2, -0.15) is 0 Å². The molecule has 1 aromatic rings. The third kappa shape index (κ3) is 3.16. The van der Waals surface area contributed by atoms with E-state index in [0.29, 0.717) is 0 Å². The van der Waals surface area contributed by atoms with Gasteiger partial charge < -0.3 is 9.47 Å². The Balaban J connectivity index is 1.97. The molecule has 0 N–H and O–H groups in total. The number of methoxy groups -OCH3 is 2. The van der Waals surface area contributed by atoms with Gasteiger partial charge in [-0.05, 0) is 42.7 Å². The molecule has 3 rings (SSSR count). The highest BCUT2D eigenvalue weighted by Gasteiger charge is 2.43. The van der Waals surface area contributed by atoms with E-state index in [1.807, 2.05) is 18.2 Å². The number of hydrogen-bond donors (Lipinski definition) is 0. The summed E-state index contributed by atoms with van der Waals surface area (Å²) in [5.41, 5.74) is 1.12. The van der Waals surface area contributed by atoms with Gasteiger partial charge in [0, 0.05) is 11.8 Å². The maximum atomic E-state index is 7.36. The van der Waals surface area contributed by atoms with Crippen molar-refractivity contribution in [3.8, 4) is 5.75 Å². The van der Waals surface area contributed by atoms with Crippen LogP contribution in [0.1, 0.15) is 18.4 Å². The number of rotatable bonds is 5. The Labute approximate surface area is 149 Å². The molecular formula is C21H23ClO2. The highest BCUT2D eigenvalue weighted by molar-refractivity contribution is 6.24. The first-order chi connectivity index (χ1) is 11.7. The van der Waals surface area contributed by atoms with E-state index >= 15 is 0 Å². The lowest BCUT2D eigenvalue weighted by atomic mass is 9.71. The molecule has 0 heterocycles. The molecule has 24 heavy (non-hydrogen) atoms. The normalized spacial score (nSPS) is 25.0. The molecule has 0 saturated carbocycles. The number of hydrogen-bond acceptors (Lipinski definition) is 2. The van der Waals surface area contributed by atoms with Crippen LogP contribution in [-0.2, 0) is 9.61 Å². The van der Waals surface area contributed by atoms with Crippen LogP contribution in [0.2, 0.25) is 0 Å². The molecule has 1 aromatic carbocycles. The third-order valence-electron chi connectivity index (χ3n) is 4.89. The summed E-state index contributed by atoms with van der Waals surface area (Å²) < 4.78 is 10.6. The Morgan fingerprint density at radius 1 is 0.958 bits per heavy atom. The van der Waals surface area contributed by atoms with Crippen molar-refractivity contribution in [1.29, 1.82) is 0 Å². The second-order valence-corrected chi connectivity index (χ2v) is 6.79. The van der Waals surface area contributed by atoms with E-state index < -0.39 is 4.87 Å². The molecule has 0 amide bonds. The first-order valence-electron chi connectivity index (χ1n) is 8.27. The minimum Gasteiger partial charge on any atom is -0.497 e. The van der Waals surface area contributed by atoms with Crippen molar-refractivity contribution in [2.75, 3.05) is 14.2 Å². The van der Waals surface area contributed by atoms with Crippen LogP contribution in [0.5, 0.6) is 5.75 Å². The van der Waals surface area contributed by atoms with Crippen LogP contribution >= 0.6 is 11.6 Å². The first-order valence-corrected chi connectivity index (χ1v) is 8.65. The molecule has 3 heteroatoms. The number of ether oxygens (including phenoxy) is 2. The van der Waals surface area contributed by atoms with Crippen molar-refractivity contribution >= 4 is 11.6 Å². The maximum absolute atomic E-state index is 7.36. The lowest BCUT2D eigenvalue weighted by molar-refractivity contribution is 0.291. The smallest absolute Gasteiger partial charge is 0.118 e. The molecule has 0 bridgehead atoms. The SMILES string of the molecule is COC1=CCC(C(Cl)(c2ccc(OC)cc2)C2C=CC=CC2)C=C1. The predicted molar refractivity (Wildman–Crippen MR) is 99.3 cm³/mol. The second kappa shape index (κ2) is 7.31. The maximum Gasteiger partial charge on any atom is 0.118 e. The zero-order valence-corrected chi connectivity index (χ0v) is 14.9. The number of allylic oxidation sites excluding steroid dienone is 7. The van der Waals surface area contributed by atoms with Gasteiger partial charge in [-0.1, -0.05) is 42.5 Å². The summed E-state index contributed by atoms with van der Waals surface area (Å²) >= 11 is 7.36. The summed E-state index contributed by atoms with van der Waals surface area (Å²) in [6.07, 6.45) is 16.7. The van der Waals surface area contributed by atoms with Crippen LogP contribution in [0, 0.1) is 11.8 Å². The summed E-state index contributed by atoms with van der Waals surface area (Å²) in [6.45, 7) is 0. The summed E-state index contributed by atoms with van der Waals surface area (Å²) in [6, 6.07) is 8.14. The topological polar surface area (TPSA) is 18.5 Å². The second-order valence-electron chi connectivity index (χ2n) is 6.16. The molecule has 0 spiro atoms.